The number of nitrogens with one attached hydrogen (secondary N) is 1. The zero-order valence-corrected chi connectivity index (χ0v) is 24.9. The lowest BCUT2D eigenvalue weighted by molar-refractivity contribution is -0.143. The summed E-state index contributed by atoms with van der Waals surface area (Å²) in [5.74, 6) is 0.452. The van der Waals surface area contributed by atoms with Crippen LogP contribution in [0.3, 0.4) is 0 Å². The van der Waals surface area contributed by atoms with Gasteiger partial charge in [0, 0.05) is 43.4 Å². The molecule has 2 atom stereocenters. The molecule has 1 aliphatic carbocycles. The Bertz CT molecular complexity index is 1740. The number of fused-ring (bicyclic) bond motifs is 2. The van der Waals surface area contributed by atoms with Crippen LogP contribution in [0, 0.1) is 5.92 Å². The van der Waals surface area contributed by atoms with Gasteiger partial charge >= 0.3 is 12.1 Å². The number of esters is 1. The number of imidazole rings is 1. The van der Waals surface area contributed by atoms with E-state index in [1.165, 1.54) is 17.7 Å². The Morgan fingerprint density at radius 2 is 1.93 bits per heavy atom. The van der Waals surface area contributed by atoms with Gasteiger partial charge in [-0.3, -0.25) is 4.79 Å². The molecule has 0 radical (unpaired) electrons. The summed E-state index contributed by atoms with van der Waals surface area (Å²) in [5, 5.41) is 4.01. The van der Waals surface area contributed by atoms with E-state index in [-0.39, 0.29) is 19.0 Å². The number of likely N-dealkylation sites (tertiary alicyclic amines) is 1. The van der Waals surface area contributed by atoms with Crippen molar-refractivity contribution in [3.8, 4) is 11.5 Å². The number of carbonyl (C=O) groups excluding carboxylic acids is 3. The van der Waals surface area contributed by atoms with E-state index >= 15 is 0 Å². The highest BCUT2D eigenvalue weighted by atomic mass is 16.6. The summed E-state index contributed by atoms with van der Waals surface area (Å²) in [5.41, 5.74) is 3.22. The van der Waals surface area contributed by atoms with Crippen molar-refractivity contribution in [1.29, 1.82) is 0 Å². The molecule has 4 heterocycles. The zero-order valence-electron chi connectivity index (χ0n) is 24.9. The molecule has 1 saturated heterocycles. The summed E-state index contributed by atoms with van der Waals surface area (Å²) in [6.07, 6.45) is 4.01. The van der Waals surface area contributed by atoms with Crippen molar-refractivity contribution in [2.45, 2.75) is 57.9 Å². The van der Waals surface area contributed by atoms with Gasteiger partial charge < -0.3 is 28.8 Å². The van der Waals surface area contributed by atoms with Gasteiger partial charge in [0.15, 0.2) is 5.82 Å². The van der Waals surface area contributed by atoms with E-state index in [1.807, 2.05) is 29.9 Å². The predicted octanol–water partition coefficient (Wildman–Crippen LogP) is 4.45. The van der Waals surface area contributed by atoms with Gasteiger partial charge in [0.2, 0.25) is 0 Å². The second-order valence-corrected chi connectivity index (χ2v) is 12.3. The Labute approximate surface area is 249 Å². The third-order valence-corrected chi connectivity index (χ3v) is 7.83. The molecule has 1 N–H and O–H groups in total. The van der Waals surface area contributed by atoms with Crippen LogP contribution in [0.2, 0.25) is 0 Å². The molecule has 11 heteroatoms. The Hall–Kier alpha value is -4.67. The number of hydrogen-bond acceptors (Lipinski definition) is 7. The van der Waals surface area contributed by atoms with E-state index in [2.05, 4.69) is 33.6 Å². The normalized spacial score (nSPS) is 18.7. The first-order chi connectivity index (χ1) is 20.5. The molecule has 4 aromatic rings. The Morgan fingerprint density at radius 1 is 1.14 bits per heavy atom. The average molecular weight is 585 g/mol. The SMILES string of the molecule is C=CC(=O)O[C@@H]1CN(C(=O)OC(C)(C)C)C[C@@H]1NC(=O)c1ccc2c(c1)nc(-c1cc3cccnc3n1CC1CC1)n2C. The van der Waals surface area contributed by atoms with E-state index in [0.29, 0.717) is 17.0 Å². The van der Waals surface area contributed by atoms with Gasteiger partial charge in [-0.25, -0.2) is 19.6 Å². The molecular formula is C32H36N6O5. The highest BCUT2D eigenvalue weighted by molar-refractivity contribution is 5.98. The van der Waals surface area contributed by atoms with E-state index in [0.717, 1.165) is 40.7 Å². The van der Waals surface area contributed by atoms with Crippen molar-refractivity contribution in [3.63, 3.8) is 0 Å². The van der Waals surface area contributed by atoms with Gasteiger partial charge in [0.25, 0.3) is 5.91 Å². The molecule has 1 aromatic carbocycles. The van der Waals surface area contributed by atoms with Crippen LogP contribution >= 0.6 is 0 Å². The maximum atomic E-state index is 13.5. The molecule has 2 aliphatic rings. The molecule has 3 aromatic heterocycles. The summed E-state index contributed by atoms with van der Waals surface area (Å²) < 4.78 is 15.3. The van der Waals surface area contributed by atoms with Gasteiger partial charge in [-0.05, 0) is 75.9 Å². The minimum Gasteiger partial charge on any atom is -0.455 e. The van der Waals surface area contributed by atoms with Crippen molar-refractivity contribution in [2.24, 2.45) is 13.0 Å². The van der Waals surface area contributed by atoms with Crippen LogP contribution in [-0.4, -0.2) is 72.8 Å². The van der Waals surface area contributed by atoms with Crippen molar-refractivity contribution >= 4 is 40.0 Å². The number of hydrogen-bond donors (Lipinski definition) is 1. The van der Waals surface area contributed by atoms with Crippen LogP contribution in [0.15, 0.2) is 55.3 Å². The second-order valence-electron chi connectivity index (χ2n) is 12.3. The number of carbonyl (C=O) groups is 3. The van der Waals surface area contributed by atoms with Crippen LogP contribution in [0.4, 0.5) is 4.79 Å². The van der Waals surface area contributed by atoms with E-state index < -0.39 is 29.8 Å². The van der Waals surface area contributed by atoms with Crippen molar-refractivity contribution in [3.05, 3.63) is 60.8 Å². The largest absolute Gasteiger partial charge is 0.455 e. The number of rotatable bonds is 7. The molecule has 6 rings (SSSR count). The molecule has 11 nitrogen and oxygen atoms in total. The molecule has 0 spiro atoms. The maximum absolute atomic E-state index is 13.5. The molecule has 1 aliphatic heterocycles. The third kappa shape index (κ3) is 5.84. The number of amides is 2. The fourth-order valence-electron chi connectivity index (χ4n) is 5.54. The minimum absolute atomic E-state index is 0.0891. The highest BCUT2D eigenvalue weighted by Gasteiger charge is 2.40. The Morgan fingerprint density at radius 3 is 2.65 bits per heavy atom. The maximum Gasteiger partial charge on any atom is 0.410 e. The first-order valence-corrected chi connectivity index (χ1v) is 14.5. The smallest absolute Gasteiger partial charge is 0.410 e. The van der Waals surface area contributed by atoms with Crippen LogP contribution in [0.25, 0.3) is 33.6 Å². The molecule has 2 amide bonds. The molecule has 43 heavy (non-hydrogen) atoms. The number of pyridine rings is 1. The monoisotopic (exact) mass is 584 g/mol. The van der Waals surface area contributed by atoms with Crippen LogP contribution in [0.1, 0.15) is 44.0 Å². The lowest BCUT2D eigenvalue weighted by Gasteiger charge is -2.24. The number of benzene rings is 1. The number of aryl methyl sites for hydroxylation is 1. The van der Waals surface area contributed by atoms with Crippen LogP contribution in [-0.2, 0) is 27.9 Å². The summed E-state index contributed by atoms with van der Waals surface area (Å²) in [4.78, 5) is 49.2. The molecule has 0 unspecified atom stereocenters. The Kier molecular flexibility index (Phi) is 7.19. The van der Waals surface area contributed by atoms with Crippen LogP contribution < -0.4 is 5.32 Å². The van der Waals surface area contributed by atoms with Crippen LogP contribution in [0.5, 0.6) is 0 Å². The van der Waals surface area contributed by atoms with Crippen molar-refractivity contribution in [1.82, 2.24) is 29.3 Å². The molecular weight excluding hydrogens is 548 g/mol. The molecule has 2 fully saturated rings. The van der Waals surface area contributed by atoms with E-state index in [1.54, 1.807) is 32.9 Å². The van der Waals surface area contributed by atoms with Gasteiger partial charge in [0.1, 0.15) is 17.4 Å². The Balaban J connectivity index is 1.26. The molecule has 1 saturated carbocycles. The first-order valence-electron chi connectivity index (χ1n) is 14.5. The highest BCUT2D eigenvalue weighted by Crippen LogP contribution is 2.36. The average Bonchev–Trinajstić information content (AvgIpc) is 3.47. The number of aromatic nitrogens is 4. The minimum atomic E-state index is -0.755. The van der Waals surface area contributed by atoms with Gasteiger partial charge in [0.05, 0.1) is 29.3 Å². The fraction of sp³-hybridized carbons (Fsp3) is 0.406. The molecule has 224 valence electrons. The summed E-state index contributed by atoms with van der Waals surface area (Å²) >= 11 is 0. The standard InChI is InChI=1S/C32H36N6O5/c1-6-27(39)42-26-18-37(31(41)43-32(2,3)4)17-23(26)35-30(40)21-11-12-24-22(14-21)34-29(36(24)5)25-15-20-8-7-13-33-28(20)38(25)16-19-9-10-19/h6-8,11-15,19,23,26H,1,9-10,16-18H2,2-5H3,(H,35,40)/t23-,26+/m0/s1. The lowest BCUT2D eigenvalue weighted by Crippen LogP contribution is -2.44. The predicted molar refractivity (Wildman–Crippen MR) is 161 cm³/mol. The van der Waals surface area contributed by atoms with Gasteiger partial charge in [-0.15, -0.1) is 0 Å². The second kappa shape index (κ2) is 10.9. The summed E-state index contributed by atoms with van der Waals surface area (Å²) in [6.45, 7) is 9.89. The fourth-order valence-corrected chi connectivity index (χ4v) is 5.54. The number of nitrogens with zero attached hydrogens (tertiary/aromatic N) is 5. The topological polar surface area (TPSA) is 121 Å². The van der Waals surface area contributed by atoms with E-state index in [4.69, 9.17) is 14.5 Å². The van der Waals surface area contributed by atoms with Crippen molar-refractivity contribution < 1.29 is 23.9 Å². The van der Waals surface area contributed by atoms with Gasteiger partial charge in [-0.1, -0.05) is 6.58 Å². The van der Waals surface area contributed by atoms with E-state index in [9.17, 15) is 14.4 Å². The lowest BCUT2D eigenvalue weighted by atomic mass is 10.1. The quantitative estimate of drug-likeness (QED) is 0.252. The number of ether oxygens (including phenoxy) is 2. The zero-order chi connectivity index (χ0) is 30.5. The third-order valence-electron chi connectivity index (χ3n) is 7.83. The molecule has 0 bridgehead atoms. The van der Waals surface area contributed by atoms with Gasteiger partial charge in [-0.2, -0.15) is 0 Å². The summed E-state index contributed by atoms with van der Waals surface area (Å²) in [6, 6.07) is 10.9. The first kappa shape index (κ1) is 28.4. The summed E-state index contributed by atoms with van der Waals surface area (Å²) in [7, 11) is 1.97. The van der Waals surface area contributed by atoms with Crippen molar-refractivity contribution in [2.75, 3.05) is 13.1 Å².